The molecule has 2 rings (SSSR count). The van der Waals surface area contributed by atoms with Gasteiger partial charge in [0.1, 0.15) is 0 Å². The zero-order chi connectivity index (χ0) is 9.10. The molecule has 0 atom stereocenters. The summed E-state index contributed by atoms with van der Waals surface area (Å²) >= 11 is 0. The molecule has 0 unspecified atom stereocenters. The monoisotopic (exact) mass is 210 g/mol. The average molecular weight is 211 g/mol. The van der Waals surface area contributed by atoms with E-state index >= 15 is 0 Å². The number of rotatable bonds is 2. The van der Waals surface area contributed by atoms with E-state index in [0.29, 0.717) is 11.6 Å². The van der Waals surface area contributed by atoms with Crippen LogP contribution < -0.4 is 11.1 Å². The van der Waals surface area contributed by atoms with Gasteiger partial charge in [0, 0.05) is 6.07 Å². The highest BCUT2D eigenvalue weighted by atomic mass is 35.5. The first-order valence-electron chi connectivity index (χ1n) is 4.01. The lowest BCUT2D eigenvalue weighted by Crippen LogP contribution is -1.94. The maximum absolute atomic E-state index is 5.73. The molecule has 1 aromatic heterocycles. The van der Waals surface area contributed by atoms with Gasteiger partial charge in [-0.3, -0.25) is 0 Å². The normalized spacial score (nSPS) is 9.14. The molecule has 14 heavy (non-hydrogen) atoms. The standard InChI is InChI=1S/C10H10N2O.ClH/c11-8-4-1-2-5-9(8)12-10-6-3-7-13-10;/h1-7,12H,11H2;1H. The van der Waals surface area contributed by atoms with Crippen molar-refractivity contribution < 1.29 is 4.42 Å². The number of nitrogen functional groups attached to an aromatic ring is 1. The molecule has 0 fully saturated rings. The lowest BCUT2D eigenvalue weighted by atomic mass is 10.3. The van der Waals surface area contributed by atoms with Gasteiger partial charge in [-0.2, -0.15) is 0 Å². The van der Waals surface area contributed by atoms with Crippen LogP contribution in [0.3, 0.4) is 0 Å². The fourth-order valence-corrected chi connectivity index (χ4v) is 1.09. The molecule has 0 aliphatic heterocycles. The van der Waals surface area contributed by atoms with Crippen LogP contribution in [0.2, 0.25) is 0 Å². The second-order valence-corrected chi connectivity index (χ2v) is 2.69. The molecule has 2 aromatic rings. The Morgan fingerprint density at radius 1 is 1.07 bits per heavy atom. The van der Waals surface area contributed by atoms with Crippen molar-refractivity contribution in [2.24, 2.45) is 0 Å². The summed E-state index contributed by atoms with van der Waals surface area (Å²) in [4.78, 5) is 0. The summed E-state index contributed by atoms with van der Waals surface area (Å²) in [6.07, 6.45) is 1.61. The molecule has 0 saturated heterocycles. The summed E-state index contributed by atoms with van der Waals surface area (Å²) in [6, 6.07) is 11.2. The van der Waals surface area contributed by atoms with Crippen LogP contribution in [0.25, 0.3) is 0 Å². The second-order valence-electron chi connectivity index (χ2n) is 2.69. The number of nitrogens with one attached hydrogen (secondary N) is 1. The molecule has 0 bridgehead atoms. The predicted molar refractivity (Wildman–Crippen MR) is 60.1 cm³/mol. The molecule has 3 nitrogen and oxygen atoms in total. The van der Waals surface area contributed by atoms with Gasteiger partial charge in [-0.05, 0) is 18.2 Å². The first-order chi connectivity index (χ1) is 6.36. The van der Waals surface area contributed by atoms with Crippen molar-refractivity contribution in [1.82, 2.24) is 0 Å². The van der Waals surface area contributed by atoms with Crippen LogP contribution in [-0.2, 0) is 0 Å². The van der Waals surface area contributed by atoms with Crippen LogP contribution in [0.5, 0.6) is 0 Å². The lowest BCUT2D eigenvalue weighted by Gasteiger charge is -2.04. The van der Waals surface area contributed by atoms with Gasteiger partial charge >= 0.3 is 0 Å². The minimum Gasteiger partial charge on any atom is -0.449 e. The highest BCUT2D eigenvalue weighted by Gasteiger charge is 1.98. The van der Waals surface area contributed by atoms with E-state index < -0.39 is 0 Å². The zero-order valence-electron chi connectivity index (χ0n) is 7.44. The molecular weight excluding hydrogens is 200 g/mol. The van der Waals surface area contributed by atoms with Gasteiger partial charge in [-0.1, -0.05) is 12.1 Å². The largest absolute Gasteiger partial charge is 0.449 e. The molecule has 0 saturated carbocycles. The number of hydrogen-bond donors (Lipinski definition) is 2. The fourth-order valence-electron chi connectivity index (χ4n) is 1.09. The average Bonchev–Trinajstić information content (AvgIpc) is 2.61. The molecule has 4 heteroatoms. The van der Waals surface area contributed by atoms with Crippen molar-refractivity contribution in [3.8, 4) is 0 Å². The Balaban J connectivity index is 0.000000980. The van der Waals surface area contributed by atoms with E-state index in [-0.39, 0.29) is 12.4 Å². The predicted octanol–water partition coefficient (Wildman–Crippen LogP) is 3.03. The van der Waals surface area contributed by atoms with Crippen molar-refractivity contribution in [2.75, 3.05) is 11.1 Å². The summed E-state index contributed by atoms with van der Waals surface area (Å²) in [5.74, 6) is 0.693. The first kappa shape index (κ1) is 10.5. The van der Waals surface area contributed by atoms with Gasteiger partial charge in [0.2, 0.25) is 0 Å². The molecule has 1 heterocycles. The SMILES string of the molecule is Cl.Nc1ccccc1Nc1ccco1. The minimum absolute atomic E-state index is 0. The Kier molecular flexibility index (Phi) is 3.42. The van der Waals surface area contributed by atoms with Crippen LogP contribution in [0.1, 0.15) is 0 Å². The van der Waals surface area contributed by atoms with Crippen LogP contribution in [0, 0.1) is 0 Å². The number of para-hydroxylation sites is 2. The number of benzene rings is 1. The molecule has 0 aliphatic rings. The van der Waals surface area contributed by atoms with E-state index in [0.717, 1.165) is 5.69 Å². The second kappa shape index (κ2) is 4.58. The highest BCUT2D eigenvalue weighted by molar-refractivity contribution is 5.85. The Hall–Kier alpha value is -1.61. The highest BCUT2D eigenvalue weighted by Crippen LogP contribution is 2.22. The summed E-state index contributed by atoms with van der Waals surface area (Å²) < 4.78 is 5.13. The number of hydrogen-bond acceptors (Lipinski definition) is 3. The molecule has 1 aromatic carbocycles. The minimum atomic E-state index is 0. The Labute approximate surface area is 88.3 Å². The van der Waals surface area contributed by atoms with Crippen molar-refractivity contribution in [1.29, 1.82) is 0 Å². The van der Waals surface area contributed by atoms with Gasteiger partial charge in [0.05, 0.1) is 17.6 Å². The fraction of sp³-hybridized carbons (Fsp3) is 0. The van der Waals surface area contributed by atoms with Gasteiger partial charge < -0.3 is 15.5 Å². The van der Waals surface area contributed by atoms with E-state index in [1.54, 1.807) is 6.26 Å². The molecule has 74 valence electrons. The maximum Gasteiger partial charge on any atom is 0.197 e. The Bertz CT molecular complexity index is 387. The number of halogens is 1. The molecule has 0 spiro atoms. The molecule has 0 amide bonds. The van der Waals surface area contributed by atoms with Gasteiger partial charge in [0.15, 0.2) is 5.88 Å². The van der Waals surface area contributed by atoms with Crippen molar-refractivity contribution >= 4 is 29.7 Å². The van der Waals surface area contributed by atoms with Crippen molar-refractivity contribution in [2.45, 2.75) is 0 Å². The molecule has 3 N–H and O–H groups in total. The topological polar surface area (TPSA) is 51.2 Å². The number of nitrogens with two attached hydrogens (primary N) is 1. The summed E-state index contributed by atoms with van der Waals surface area (Å²) in [6.45, 7) is 0. The first-order valence-corrected chi connectivity index (χ1v) is 4.01. The molecule has 0 radical (unpaired) electrons. The third-order valence-electron chi connectivity index (χ3n) is 1.74. The van der Waals surface area contributed by atoms with E-state index in [1.807, 2.05) is 36.4 Å². The van der Waals surface area contributed by atoms with Gasteiger partial charge in [-0.25, -0.2) is 0 Å². The van der Waals surface area contributed by atoms with Crippen LogP contribution in [0.15, 0.2) is 47.1 Å². The third-order valence-corrected chi connectivity index (χ3v) is 1.74. The van der Waals surface area contributed by atoms with E-state index in [1.165, 1.54) is 0 Å². The van der Waals surface area contributed by atoms with Crippen LogP contribution in [-0.4, -0.2) is 0 Å². The van der Waals surface area contributed by atoms with Crippen LogP contribution >= 0.6 is 12.4 Å². The van der Waals surface area contributed by atoms with E-state index in [9.17, 15) is 0 Å². The summed E-state index contributed by atoms with van der Waals surface area (Å²) in [7, 11) is 0. The summed E-state index contributed by atoms with van der Waals surface area (Å²) in [5.41, 5.74) is 7.30. The van der Waals surface area contributed by atoms with E-state index in [4.69, 9.17) is 10.2 Å². The smallest absolute Gasteiger partial charge is 0.197 e. The number of furan rings is 1. The van der Waals surface area contributed by atoms with Crippen molar-refractivity contribution in [3.63, 3.8) is 0 Å². The summed E-state index contributed by atoms with van der Waals surface area (Å²) in [5, 5.41) is 3.06. The van der Waals surface area contributed by atoms with Gasteiger partial charge in [-0.15, -0.1) is 12.4 Å². The van der Waals surface area contributed by atoms with Crippen LogP contribution in [0.4, 0.5) is 17.3 Å². The van der Waals surface area contributed by atoms with Gasteiger partial charge in [0.25, 0.3) is 0 Å². The maximum atomic E-state index is 5.73. The molecular formula is C10H11ClN2O. The van der Waals surface area contributed by atoms with Crippen molar-refractivity contribution in [3.05, 3.63) is 42.7 Å². The Morgan fingerprint density at radius 3 is 2.50 bits per heavy atom. The lowest BCUT2D eigenvalue weighted by molar-refractivity contribution is 0.585. The Morgan fingerprint density at radius 2 is 1.86 bits per heavy atom. The third kappa shape index (κ3) is 2.20. The zero-order valence-corrected chi connectivity index (χ0v) is 8.25. The van der Waals surface area contributed by atoms with E-state index in [2.05, 4.69) is 5.32 Å². The quantitative estimate of drug-likeness (QED) is 0.750. The number of anilines is 3. The molecule has 0 aliphatic carbocycles.